The maximum atomic E-state index is 12.9. The van der Waals surface area contributed by atoms with Gasteiger partial charge in [0.2, 0.25) is 9.84 Å². The molecule has 0 fully saturated rings. The second kappa shape index (κ2) is 8.50. The first-order valence-electron chi connectivity index (χ1n) is 8.96. The molecule has 7 nitrogen and oxygen atoms in total. The van der Waals surface area contributed by atoms with Gasteiger partial charge in [-0.2, -0.15) is 31.4 Å². The predicted octanol–water partition coefficient (Wildman–Crippen LogP) is 3.62. The number of hydrogen-bond donors (Lipinski definition) is 1. The van der Waals surface area contributed by atoms with Crippen molar-refractivity contribution in [1.29, 1.82) is 0 Å². The average Bonchev–Trinajstić information content (AvgIpc) is 3.14. The number of aromatic nitrogens is 3. The molecule has 0 aliphatic carbocycles. The number of carbonyl (C=O) groups excluding carboxylic acids is 1. The Morgan fingerprint density at radius 1 is 1.00 bits per heavy atom. The number of pyridine rings is 1. The molecule has 0 aliphatic heterocycles. The first kappa shape index (κ1) is 24.2. The Bertz CT molecular complexity index is 1280. The van der Waals surface area contributed by atoms with Crippen LogP contribution in [0.15, 0.2) is 58.5 Å². The van der Waals surface area contributed by atoms with Crippen LogP contribution < -0.4 is 5.32 Å². The van der Waals surface area contributed by atoms with E-state index in [2.05, 4.69) is 15.4 Å². The van der Waals surface area contributed by atoms with Gasteiger partial charge in [0.05, 0.1) is 27.6 Å². The van der Waals surface area contributed by atoms with Gasteiger partial charge in [0.25, 0.3) is 5.91 Å². The highest BCUT2D eigenvalue weighted by molar-refractivity contribution is 7.91. The van der Waals surface area contributed by atoms with Gasteiger partial charge in [-0.3, -0.25) is 14.5 Å². The van der Waals surface area contributed by atoms with E-state index in [0.29, 0.717) is 12.1 Å². The van der Waals surface area contributed by atoms with Gasteiger partial charge in [0.1, 0.15) is 5.69 Å². The molecule has 0 unspecified atom stereocenters. The molecule has 3 aromatic rings. The third kappa shape index (κ3) is 5.32. The first-order valence-corrected chi connectivity index (χ1v) is 10.4. The number of nitrogens with zero attached hydrogens (tertiary/aromatic N) is 3. The van der Waals surface area contributed by atoms with E-state index in [1.165, 1.54) is 6.07 Å². The van der Waals surface area contributed by atoms with Crippen molar-refractivity contribution in [3.8, 4) is 0 Å². The molecule has 2 heterocycles. The monoisotopic (exact) mass is 492 g/mol. The van der Waals surface area contributed by atoms with Crippen LogP contribution in [0, 0.1) is 0 Å². The van der Waals surface area contributed by atoms with E-state index in [4.69, 9.17) is 0 Å². The van der Waals surface area contributed by atoms with Crippen molar-refractivity contribution < 1.29 is 39.6 Å². The molecule has 176 valence electrons. The molecule has 0 atom stereocenters. The van der Waals surface area contributed by atoms with Crippen molar-refractivity contribution in [2.24, 2.45) is 7.05 Å². The molecule has 0 spiro atoms. The van der Waals surface area contributed by atoms with Gasteiger partial charge >= 0.3 is 12.4 Å². The molecule has 1 aromatic carbocycles. The van der Waals surface area contributed by atoms with Crippen molar-refractivity contribution in [3.63, 3.8) is 0 Å². The Kier molecular flexibility index (Phi) is 6.24. The van der Waals surface area contributed by atoms with Crippen LogP contribution in [0.5, 0.6) is 0 Å². The third-order valence-corrected chi connectivity index (χ3v) is 6.15. The fourth-order valence-electron chi connectivity index (χ4n) is 2.73. The van der Waals surface area contributed by atoms with Crippen LogP contribution in [0.2, 0.25) is 0 Å². The molecule has 0 saturated heterocycles. The van der Waals surface area contributed by atoms with E-state index in [1.807, 2.05) is 0 Å². The van der Waals surface area contributed by atoms with Gasteiger partial charge in [-0.25, -0.2) is 8.42 Å². The number of benzene rings is 1. The summed E-state index contributed by atoms with van der Waals surface area (Å²) in [4.78, 5) is 15.1. The maximum Gasteiger partial charge on any atom is 0.435 e. The number of amides is 1. The Labute approximate surface area is 183 Å². The van der Waals surface area contributed by atoms with Crippen LogP contribution in [0.1, 0.15) is 27.4 Å². The Balaban J connectivity index is 1.73. The summed E-state index contributed by atoms with van der Waals surface area (Å²) >= 11 is 0. The maximum absolute atomic E-state index is 12.9. The third-order valence-electron chi connectivity index (χ3n) is 4.41. The summed E-state index contributed by atoms with van der Waals surface area (Å²) in [5, 5.41) is 5.56. The average molecular weight is 492 g/mol. The minimum atomic E-state index is -4.72. The van der Waals surface area contributed by atoms with Crippen LogP contribution in [0.25, 0.3) is 0 Å². The van der Waals surface area contributed by atoms with E-state index < -0.39 is 44.2 Å². The highest BCUT2D eigenvalue weighted by Gasteiger charge is 2.35. The first-order chi connectivity index (χ1) is 15.2. The number of rotatable bonds is 5. The normalized spacial score (nSPS) is 12.6. The van der Waals surface area contributed by atoms with Crippen LogP contribution >= 0.6 is 0 Å². The largest absolute Gasteiger partial charge is 0.435 e. The van der Waals surface area contributed by atoms with Crippen LogP contribution in [-0.2, 0) is 35.8 Å². The number of hydrogen-bond acceptors (Lipinski definition) is 5. The van der Waals surface area contributed by atoms with E-state index in [1.54, 1.807) is 0 Å². The van der Waals surface area contributed by atoms with Gasteiger partial charge < -0.3 is 5.32 Å². The van der Waals surface area contributed by atoms with Crippen LogP contribution in [0.3, 0.4) is 0 Å². The van der Waals surface area contributed by atoms with Gasteiger partial charge in [0.15, 0.2) is 5.69 Å². The van der Waals surface area contributed by atoms with E-state index in [-0.39, 0.29) is 22.8 Å². The van der Waals surface area contributed by atoms with Gasteiger partial charge in [-0.1, -0.05) is 6.07 Å². The van der Waals surface area contributed by atoms with Crippen LogP contribution in [0.4, 0.5) is 26.3 Å². The number of alkyl halides is 6. The molecule has 0 saturated carbocycles. The number of carbonyl (C=O) groups is 1. The zero-order chi connectivity index (χ0) is 24.6. The van der Waals surface area contributed by atoms with Crippen molar-refractivity contribution in [3.05, 3.63) is 71.3 Å². The summed E-state index contributed by atoms with van der Waals surface area (Å²) in [6.45, 7) is -0.255. The van der Waals surface area contributed by atoms with Gasteiger partial charge in [0, 0.05) is 19.3 Å². The summed E-state index contributed by atoms with van der Waals surface area (Å²) < 4.78 is 103. The van der Waals surface area contributed by atoms with E-state index in [9.17, 15) is 39.6 Å². The van der Waals surface area contributed by atoms with Crippen LogP contribution in [-0.4, -0.2) is 29.1 Å². The molecule has 0 bridgehead atoms. The van der Waals surface area contributed by atoms with Gasteiger partial charge in [-0.15, -0.1) is 0 Å². The smallest absolute Gasteiger partial charge is 0.345 e. The predicted molar refractivity (Wildman–Crippen MR) is 101 cm³/mol. The zero-order valence-corrected chi connectivity index (χ0v) is 17.4. The lowest BCUT2D eigenvalue weighted by molar-refractivity contribution is -0.141. The van der Waals surface area contributed by atoms with Gasteiger partial charge in [-0.05, 0) is 30.3 Å². The molecular weight excluding hydrogens is 478 g/mol. The zero-order valence-electron chi connectivity index (χ0n) is 16.6. The van der Waals surface area contributed by atoms with Crippen molar-refractivity contribution in [2.45, 2.75) is 28.7 Å². The number of sulfone groups is 1. The van der Waals surface area contributed by atoms with E-state index in [0.717, 1.165) is 42.2 Å². The lowest BCUT2D eigenvalue weighted by Crippen LogP contribution is -2.25. The standard InChI is InChI=1S/C19H14F6N4O3S/c1-29-15(8-16(28-29)19(23,24)25)17(30)27-9-12-5-6-14(10-26-12)33(31,32)13-4-2-3-11(7-13)18(20,21)22/h2-8,10H,9H2,1H3,(H,27,30). The second-order valence-corrected chi connectivity index (χ2v) is 8.68. The lowest BCUT2D eigenvalue weighted by Gasteiger charge is -2.10. The molecule has 14 heteroatoms. The quantitative estimate of drug-likeness (QED) is 0.550. The Morgan fingerprint density at radius 2 is 1.70 bits per heavy atom. The topological polar surface area (TPSA) is 94.0 Å². The fourth-order valence-corrected chi connectivity index (χ4v) is 3.98. The Hall–Kier alpha value is -3.42. The molecule has 2 aromatic heterocycles. The highest BCUT2D eigenvalue weighted by atomic mass is 32.2. The summed E-state index contributed by atoms with van der Waals surface area (Å²) in [6, 6.07) is 6.11. The summed E-state index contributed by atoms with van der Waals surface area (Å²) in [5.41, 5.74) is -2.56. The van der Waals surface area contributed by atoms with E-state index >= 15 is 0 Å². The van der Waals surface area contributed by atoms with Crippen molar-refractivity contribution in [1.82, 2.24) is 20.1 Å². The van der Waals surface area contributed by atoms with Crippen molar-refractivity contribution in [2.75, 3.05) is 0 Å². The molecule has 0 aliphatic rings. The minimum Gasteiger partial charge on any atom is -0.345 e. The molecule has 1 amide bonds. The molecule has 3 rings (SSSR count). The molecule has 33 heavy (non-hydrogen) atoms. The molecule has 1 N–H and O–H groups in total. The molecule has 0 radical (unpaired) electrons. The number of aryl methyl sites for hydroxylation is 1. The summed E-state index contributed by atoms with van der Waals surface area (Å²) in [7, 11) is -3.14. The SMILES string of the molecule is Cn1nc(C(F)(F)F)cc1C(=O)NCc1ccc(S(=O)(=O)c2cccc(C(F)(F)F)c2)cn1. The summed E-state index contributed by atoms with van der Waals surface area (Å²) in [5.74, 6) is -0.872. The number of halogens is 6. The van der Waals surface area contributed by atoms with Crippen molar-refractivity contribution >= 4 is 15.7 Å². The fraction of sp³-hybridized carbons (Fsp3) is 0.211. The number of nitrogens with one attached hydrogen (secondary N) is 1. The lowest BCUT2D eigenvalue weighted by atomic mass is 10.2. The highest BCUT2D eigenvalue weighted by Crippen LogP contribution is 2.32. The molecular formula is C19H14F6N4O3S. The minimum absolute atomic E-state index is 0.157. The second-order valence-electron chi connectivity index (χ2n) is 6.73. The Morgan fingerprint density at radius 3 is 2.24 bits per heavy atom. The summed E-state index contributed by atoms with van der Waals surface area (Å²) in [6.07, 6.45) is -8.54.